The molecule has 0 aliphatic heterocycles. The molecule has 0 unspecified atom stereocenters. The standard InChI is InChI=1S/C20H27N3O5S2/c1-5-23(6-2)20(24)16-11-13-18(14-12-16)29(25,26)21-15-17-9-7-8-10-19(17)30(27,28)22(3)4/h7-14,21H,5-6,15H2,1-4H3. The number of benzene rings is 2. The average molecular weight is 454 g/mol. The molecule has 0 fully saturated rings. The van der Waals surface area contributed by atoms with Crippen molar-refractivity contribution in [1.82, 2.24) is 13.9 Å². The Hall–Kier alpha value is -2.27. The summed E-state index contributed by atoms with van der Waals surface area (Å²) in [7, 11) is -4.78. The third kappa shape index (κ3) is 5.25. The van der Waals surface area contributed by atoms with E-state index < -0.39 is 20.0 Å². The van der Waals surface area contributed by atoms with E-state index in [1.54, 1.807) is 23.1 Å². The van der Waals surface area contributed by atoms with Crippen LogP contribution in [0.1, 0.15) is 29.8 Å². The van der Waals surface area contributed by atoms with Gasteiger partial charge in [0.1, 0.15) is 0 Å². The fourth-order valence-corrected chi connectivity index (χ4v) is 4.95. The summed E-state index contributed by atoms with van der Waals surface area (Å²) in [5, 5.41) is 0. The van der Waals surface area contributed by atoms with Crippen LogP contribution in [0.25, 0.3) is 0 Å². The van der Waals surface area contributed by atoms with Crippen LogP contribution in [0.3, 0.4) is 0 Å². The van der Waals surface area contributed by atoms with Gasteiger partial charge >= 0.3 is 0 Å². The smallest absolute Gasteiger partial charge is 0.253 e. The zero-order valence-corrected chi connectivity index (χ0v) is 19.1. The van der Waals surface area contributed by atoms with Gasteiger partial charge in [0.2, 0.25) is 20.0 Å². The predicted octanol–water partition coefficient (Wildman–Crippen LogP) is 1.90. The molecule has 10 heteroatoms. The minimum Gasteiger partial charge on any atom is -0.339 e. The van der Waals surface area contributed by atoms with E-state index in [-0.39, 0.29) is 22.2 Å². The number of rotatable bonds is 9. The molecule has 0 saturated carbocycles. The van der Waals surface area contributed by atoms with Crippen LogP contribution in [0, 0.1) is 0 Å². The number of amides is 1. The average Bonchev–Trinajstić information content (AvgIpc) is 2.73. The molecule has 0 aliphatic rings. The molecule has 2 aromatic rings. The molecule has 0 aromatic heterocycles. The van der Waals surface area contributed by atoms with Crippen molar-refractivity contribution in [1.29, 1.82) is 0 Å². The quantitative estimate of drug-likeness (QED) is 0.625. The Balaban J connectivity index is 2.22. The van der Waals surface area contributed by atoms with Crippen LogP contribution in [0.2, 0.25) is 0 Å². The van der Waals surface area contributed by atoms with Gasteiger partial charge in [0.25, 0.3) is 5.91 Å². The van der Waals surface area contributed by atoms with E-state index in [1.807, 2.05) is 13.8 Å². The number of hydrogen-bond acceptors (Lipinski definition) is 5. The molecule has 0 aliphatic carbocycles. The van der Waals surface area contributed by atoms with Crippen LogP contribution in [-0.4, -0.2) is 59.1 Å². The van der Waals surface area contributed by atoms with Gasteiger partial charge in [-0.15, -0.1) is 0 Å². The molecule has 0 spiro atoms. The van der Waals surface area contributed by atoms with E-state index in [0.29, 0.717) is 24.2 Å². The largest absolute Gasteiger partial charge is 0.339 e. The van der Waals surface area contributed by atoms with Gasteiger partial charge in [-0.25, -0.2) is 25.9 Å². The number of carbonyl (C=O) groups excluding carboxylic acids is 1. The summed E-state index contributed by atoms with van der Waals surface area (Å²) < 4.78 is 53.8. The van der Waals surface area contributed by atoms with Crippen LogP contribution >= 0.6 is 0 Å². The lowest BCUT2D eigenvalue weighted by molar-refractivity contribution is 0.0773. The van der Waals surface area contributed by atoms with Crippen molar-refractivity contribution >= 4 is 26.0 Å². The number of hydrogen-bond donors (Lipinski definition) is 1. The molecule has 8 nitrogen and oxygen atoms in total. The number of carbonyl (C=O) groups is 1. The Morgan fingerprint density at radius 3 is 2.00 bits per heavy atom. The molecule has 0 saturated heterocycles. The van der Waals surface area contributed by atoms with Gasteiger partial charge in [0.05, 0.1) is 9.79 Å². The molecule has 1 amide bonds. The Labute approximate surface area is 178 Å². The van der Waals surface area contributed by atoms with Crippen LogP contribution in [0.4, 0.5) is 0 Å². The lowest BCUT2D eigenvalue weighted by Crippen LogP contribution is -2.30. The number of nitrogens with one attached hydrogen (secondary N) is 1. The van der Waals surface area contributed by atoms with E-state index in [4.69, 9.17) is 0 Å². The highest BCUT2D eigenvalue weighted by molar-refractivity contribution is 7.89. The van der Waals surface area contributed by atoms with Crippen molar-refractivity contribution in [2.45, 2.75) is 30.2 Å². The molecule has 30 heavy (non-hydrogen) atoms. The maximum absolute atomic E-state index is 12.7. The second kappa shape index (κ2) is 9.69. The molecule has 164 valence electrons. The van der Waals surface area contributed by atoms with Crippen molar-refractivity contribution in [3.05, 3.63) is 59.7 Å². The van der Waals surface area contributed by atoms with E-state index >= 15 is 0 Å². The fraction of sp³-hybridized carbons (Fsp3) is 0.350. The van der Waals surface area contributed by atoms with Gasteiger partial charge < -0.3 is 4.90 Å². The third-order valence-corrected chi connectivity index (χ3v) is 7.98. The first-order chi connectivity index (χ1) is 14.0. The second-order valence-corrected chi connectivity index (χ2v) is 10.6. The molecule has 0 atom stereocenters. The van der Waals surface area contributed by atoms with Crippen molar-refractivity contribution in [3.8, 4) is 0 Å². The zero-order chi connectivity index (χ0) is 22.5. The molecular formula is C20H27N3O5S2. The molecule has 0 radical (unpaired) electrons. The monoisotopic (exact) mass is 453 g/mol. The molecule has 2 rings (SSSR count). The van der Waals surface area contributed by atoms with Crippen LogP contribution in [0.5, 0.6) is 0 Å². The normalized spacial score (nSPS) is 12.2. The minimum absolute atomic E-state index is 0.00783. The Morgan fingerprint density at radius 2 is 1.47 bits per heavy atom. The first kappa shape index (κ1) is 24.0. The molecule has 0 heterocycles. The molecular weight excluding hydrogens is 426 g/mol. The van der Waals surface area contributed by atoms with E-state index in [1.165, 1.54) is 44.4 Å². The van der Waals surface area contributed by atoms with Gasteiger partial charge in [-0.05, 0) is 49.7 Å². The zero-order valence-electron chi connectivity index (χ0n) is 17.5. The van der Waals surface area contributed by atoms with Gasteiger partial charge in [-0.1, -0.05) is 18.2 Å². The maximum Gasteiger partial charge on any atom is 0.253 e. The second-order valence-electron chi connectivity index (χ2n) is 6.72. The lowest BCUT2D eigenvalue weighted by atomic mass is 10.2. The van der Waals surface area contributed by atoms with E-state index in [0.717, 1.165) is 4.31 Å². The van der Waals surface area contributed by atoms with Crippen LogP contribution < -0.4 is 4.72 Å². The van der Waals surface area contributed by atoms with Crippen molar-refractivity contribution < 1.29 is 21.6 Å². The number of nitrogens with zero attached hydrogens (tertiary/aromatic N) is 2. The molecule has 0 bridgehead atoms. The van der Waals surface area contributed by atoms with E-state index in [2.05, 4.69) is 4.72 Å². The predicted molar refractivity (Wildman–Crippen MR) is 115 cm³/mol. The van der Waals surface area contributed by atoms with Gasteiger partial charge in [-0.2, -0.15) is 0 Å². The summed E-state index contributed by atoms with van der Waals surface area (Å²) in [5.74, 6) is -0.167. The SMILES string of the molecule is CCN(CC)C(=O)c1ccc(S(=O)(=O)NCc2ccccc2S(=O)(=O)N(C)C)cc1. The van der Waals surface area contributed by atoms with Crippen molar-refractivity contribution in [3.63, 3.8) is 0 Å². The molecule has 1 N–H and O–H groups in total. The Kier molecular flexibility index (Phi) is 7.75. The molecule has 2 aromatic carbocycles. The summed E-state index contributed by atoms with van der Waals surface area (Å²) in [6, 6.07) is 11.9. The third-order valence-electron chi connectivity index (χ3n) is 4.65. The lowest BCUT2D eigenvalue weighted by Gasteiger charge is -2.18. The van der Waals surface area contributed by atoms with Gasteiger partial charge in [-0.3, -0.25) is 4.79 Å². The van der Waals surface area contributed by atoms with Crippen LogP contribution in [-0.2, 0) is 26.6 Å². The first-order valence-electron chi connectivity index (χ1n) is 9.44. The summed E-state index contributed by atoms with van der Waals surface area (Å²) in [6.07, 6.45) is 0. The van der Waals surface area contributed by atoms with Crippen LogP contribution in [0.15, 0.2) is 58.3 Å². The summed E-state index contributed by atoms with van der Waals surface area (Å²) in [6.45, 7) is 4.68. The fourth-order valence-electron chi connectivity index (χ4n) is 2.82. The highest BCUT2D eigenvalue weighted by Crippen LogP contribution is 2.19. The topological polar surface area (TPSA) is 104 Å². The summed E-state index contributed by atoms with van der Waals surface area (Å²) in [4.78, 5) is 14.0. The van der Waals surface area contributed by atoms with Gasteiger partial charge in [0, 0.05) is 39.3 Å². The highest BCUT2D eigenvalue weighted by Gasteiger charge is 2.22. The highest BCUT2D eigenvalue weighted by atomic mass is 32.2. The summed E-state index contributed by atoms with van der Waals surface area (Å²) >= 11 is 0. The minimum atomic E-state index is -3.90. The Morgan fingerprint density at radius 1 is 0.900 bits per heavy atom. The summed E-state index contributed by atoms with van der Waals surface area (Å²) in [5.41, 5.74) is 0.739. The van der Waals surface area contributed by atoms with Crippen molar-refractivity contribution in [2.24, 2.45) is 0 Å². The number of sulfonamides is 2. The first-order valence-corrected chi connectivity index (χ1v) is 12.4. The van der Waals surface area contributed by atoms with E-state index in [9.17, 15) is 21.6 Å². The maximum atomic E-state index is 12.7. The van der Waals surface area contributed by atoms with Crippen molar-refractivity contribution in [2.75, 3.05) is 27.2 Å². The van der Waals surface area contributed by atoms with Gasteiger partial charge in [0.15, 0.2) is 0 Å². The Bertz CT molecular complexity index is 1090.